The normalized spacial score (nSPS) is 13.8. The van der Waals surface area contributed by atoms with Gasteiger partial charge in [-0.1, -0.05) is 42.5 Å². The molecule has 0 unspecified atom stereocenters. The fourth-order valence-electron chi connectivity index (χ4n) is 3.45. The van der Waals surface area contributed by atoms with E-state index in [9.17, 15) is 9.90 Å². The summed E-state index contributed by atoms with van der Waals surface area (Å²) in [4.78, 5) is 19.1. The van der Waals surface area contributed by atoms with Crippen molar-refractivity contribution >= 4 is 28.7 Å². The number of aliphatic hydroxyl groups excluding tert-OH is 1. The van der Waals surface area contributed by atoms with Crippen molar-refractivity contribution in [2.24, 2.45) is 0 Å². The zero-order chi connectivity index (χ0) is 21.3. The number of ether oxygens (including phenoxy) is 1. The molecule has 3 aromatic rings. The van der Waals surface area contributed by atoms with E-state index in [0.717, 1.165) is 21.7 Å². The van der Waals surface area contributed by atoms with Gasteiger partial charge in [-0.3, -0.25) is 5.41 Å². The summed E-state index contributed by atoms with van der Waals surface area (Å²) in [5.74, 6) is 0.0165. The number of benzene rings is 2. The third kappa shape index (κ3) is 3.71. The Morgan fingerprint density at radius 2 is 1.90 bits per heavy atom. The Bertz CT molecular complexity index is 1130. The van der Waals surface area contributed by atoms with Gasteiger partial charge in [-0.05, 0) is 24.6 Å². The van der Waals surface area contributed by atoms with Crippen LogP contribution >= 0.6 is 11.3 Å². The van der Waals surface area contributed by atoms with Gasteiger partial charge in [-0.25, -0.2) is 9.78 Å². The zero-order valence-electron chi connectivity index (χ0n) is 16.7. The van der Waals surface area contributed by atoms with E-state index in [-0.39, 0.29) is 24.1 Å². The van der Waals surface area contributed by atoms with E-state index in [2.05, 4.69) is 0 Å². The number of hydrogen-bond donors (Lipinski definition) is 2. The van der Waals surface area contributed by atoms with E-state index in [1.807, 2.05) is 49.4 Å². The number of aliphatic hydroxyl groups is 1. The molecular formula is C23H21N3O3S. The lowest BCUT2D eigenvalue weighted by Crippen LogP contribution is -2.26. The van der Waals surface area contributed by atoms with E-state index in [1.54, 1.807) is 17.0 Å². The molecule has 0 fully saturated rings. The Labute approximate surface area is 178 Å². The molecule has 7 heteroatoms. The lowest BCUT2D eigenvalue weighted by Gasteiger charge is -2.18. The molecular weight excluding hydrogens is 398 g/mol. The summed E-state index contributed by atoms with van der Waals surface area (Å²) in [6.07, 6.45) is 0. The topological polar surface area (TPSA) is 86.5 Å². The second-order valence-electron chi connectivity index (χ2n) is 7.00. The highest BCUT2D eigenvalue weighted by Gasteiger charge is 2.31. The van der Waals surface area contributed by atoms with Crippen LogP contribution in [0.3, 0.4) is 0 Å². The molecule has 1 aliphatic heterocycles. The number of rotatable bonds is 5. The molecule has 0 spiro atoms. The Morgan fingerprint density at radius 3 is 2.57 bits per heavy atom. The molecule has 0 radical (unpaired) electrons. The average molecular weight is 420 g/mol. The molecule has 1 aromatic heterocycles. The van der Waals surface area contributed by atoms with Crippen LogP contribution in [0.15, 0.2) is 60.4 Å². The minimum absolute atomic E-state index is 0.152. The predicted octanol–water partition coefficient (Wildman–Crippen LogP) is 4.67. The van der Waals surface area contributed by atoms with Crippen molar-refractivity contribution in [3.63, 3.8) is 0 Å². The van der Waals surface area contributed by atoms with Crippen LogP contribution in [0.1, 0.15) is 25.8 Å². The molecule has 152 valence electrons. The number of carbonyl (C=O) groups is 1. The standard InChI is InChI=1S/C23H21N3O3S/c1-14-20(16-6-4-3-5-7-16)25-22(30-14)19-18(27)13-26(21(19)24)12-15-8-10-17(11-9-15)23(28)29-2/h3-11,24,27H,12-13H2,1-2H3. The second-order valence-corrected chi connectivity index (χ2v) is 8.21. The number of esters is 1. The molecule has 2 N–H and O–H groups in total. The molecule has 0 aliphatic carbocycles. The first-order chi connectivity index (χ1) is 14.5. The van der Waals surface area contributed by atoms with Gasteiger partial charge in [0.1, 0.15) is 16.6 Å². The Hall–Kier alpha value is -3.45. The second kappa shape index (κ2) is 8.12. The summed E-state index contributed by atoms with van der Waals surface area (Å²) < 4.78 is 4.72. The number of hydrogen-bond acceptors (Lipinski definition) is 6. The summed E-state index contributed by atoms with van der Waals surface area (Å²) >= 11 is 1.48. The maximum Gasteiger partial charge on any atom is 0.337 e. The zero-order valence-corrected chi connectivity index (χ0v) is 17.5. The van der Waals surface area contributed by atoms with Crippen molar-refractivity contribution in [1.29, 1.82) is 5.41 Å². The fraction of sp³-hybridized carbons (Fsp3) is 0.174. The van der Waals surface area contributed by atoms with Crippen molar-refractivity contribution in [1.82, 2.24) is 9.88 Å². The molecule has 0 atom stereocenters. The van der Waals surface area contributed by atoms with Crippen molar-refractivity contribution in [3.8, 4) is 11.3 Å². The summed E-state index contributed by atoms with van der Waals surface area (Å²) in [5, 5.41) is 19.8. The van der Waals surface area contributed by atoms with E-state index in [4.69, 9.17) is 15.1 Å². The van der Waals surface area contributed by atoms with E-state index in [0.29, 0.717) is 22.7 Å². The predicted molar refractivity (Wildman–Crippen MR) is 118 cm³/mol. The quantitative estimate of drug-likeness (QED) is 0.587. The van der Waals surface area contributed by atoms with Crippen molar-refractivity contribution in [3.05, 3.63) is 81.4 Å². The molecule has 4 rings (SSSR count). The number of nitrogens with zero attached hydrogens (tertiary/aromatic N) is 2. The third-order valence-electron chi connectivity index (χ3n) is 4.99. The first kappa shape index (κ1) is 19.8. The van der Waals surface area contributed by atoms with Crippen LogP contribution in [-0.2, 0) is 11.3 Å². The van der Waals surface area contributed by atoms with E-state index >= 15 is 0 Å². The number of methoxy groups -OCH3 is 1. The van der Waals surface area contributed by atoms with Crippen LogP contribution in [0.4, 0.5) is 0 Å². The van der Waals surface area contributed by atoms with Crippen LogP contribution < -0.4 is 0 Å². The molecule has 2 aromatic carbocycles. The first-order valence-electron chi connectivity index (χ1n) is 9.44. The van der Waals surface area contributed by atoms with Gasteiger partial charge in [0.15, 0.2) is 0 Å². The molecule has 30 heavy (non-hydrogen) atoms. The fourth-order valence-corrected chi connectivity index (χ4v) is 4.45. The first-order valence-corrected chi connectivity index (χ1v) is 10.3. The van der Waals surface area contributed by atoms with Crippen LogP contribution in [0.2, 0.25) is 0 Å². The van der Waals surface area contributed by atoms with Gasteiger partial charge in [-0.2, -0.15) is 0 Å². The maximum absolute atomic E-state index is 11.6. The van der Waals surface area contributed by atoms with Gasteiger partial charge < -0.3 is 14.7 Å². The number of nitrogens with one attached hydrogen (secondary N) is 1. The number of aromatic nitrogens is 1. The van der Waals surface area contributed by atoms with Crippen molar-refractivity contribution in [2.45, 2.75) is 13.5 Å². The SMILES string of the molecule is COC(=O)c1ccc(CN2CC(O)=C(c3nc(-c4ccccc4)c(C)s3)C2=N)cc1. The van der Waals surface area contributed by atoms with E-state index in [1.165, 1.54) is 18.4 Å². The highest BCUT2D eigenvalue weighted by Crippen LogP contribution is 2.35. The highest BCUT2D eigenvalue weighted by molar-refractivity contribution is 7.13. The van der Waals surface area contributed by atoms with Gasteiger partial charge in [0, 0.05) is 17.0 Å². The van der Waals surface area contributed by atoms with Gasteiger partial charge in [-0.15, -0.1) is 11.3 Å². The third-order valence-corrected chi connectivity index (χ3v) is 5.98. The molecule has 0 saturated heterocycles. The Kier molecular flexibility index (Phi) is 5.37. The molecule has 0 bridgehead atoms. The van der Waals surface area contributed by atoms with Gasteiger partial charge >= 0.3 is 5.97 Å². The Balaban J connectivity index is 1.54. The number of aryl methyl sites for hydroxylation is 1. The van der Waals surface area contributed by atoms with Crippen molar-refractivity contribution < 1.29 is 14.6 Å². The average Bonchev–Trinajstić information content (AvgIpc) is 3.27. The minimum atomic E-state index is -0.384. The Morgan fingerprint density at radius 1 is 1.20 bits per heavy atom. The number of thiazole rings is 1. The molecule has 6 nitrogen and oxygen atoms in total. The molecule has 1 aliphatic rings. The van der Waals surface area contributed by atoms with Gasteiger partial charge in [0.05, 0.1) is 30.5 Å². The van der Waals surface area contributed by atoms with Gasteiger partial charge in [0.2, 0.25) is 0 Å². The monoisotopic (exact) mass is 419 g/mol. The van der Waals surface area contributed by atoms with Crippen LogP contribution in [0.5, 0.6) is 0 Å². The molecule has 0 saturated carbocycles. The maximum atomic E-state index is 11.6. The number of amidine groups is 1. The summed E-state index contributed by atoms with van der Waals surface area (Å²) in [6.45, 7) is 2.70. The minimum Gasteiger partial charge on any atom is -0.510 e. The summed E-state index contributed by atoms with van der Waals surface area (Å²) in [5.41, 5.74) is 3.79. The van der Waals surface area contributed by atoms with E-state index < -0.39 is 0 Å². The lowest BCUT2D eigenvalue weighted by atomic mass is 10.1. The van der Waals surface area contributed by atoms with Crippen LogP contribution in [0, 0.1) is 12.3 Å². The van der Waals surface area contributed by atoms with Crippen molar-refractivity contribution in [2.75, 3.05) is 13.7 Å². The molecule has 0 amide bonds. The van der Waals surface area contributed by atoms with Gasteiger partial charge in [0.25, 0.3) is 0 Å². The number of carbonyl (C=O) groups excluding carboxylic acids is 1. The highest BCUT2D eigenvalue weighted by atomic mass is 32.1. The lowest BCUT2D eigenvalue weighted by molar-refractivity contribution is 0.0600. The van der Waals surface area contributed by atoms with Crippen LogP contribution in [-0.4, -0.2) is 40.4 Å². The molecule has 2 heterocycles. The van der Waals surface area contributed by atoms with Crippen LogP contribution in [0.25, 0.3) is 16.8 Å². The smallest absolute Gasteiger partial charge is 0.337 e. The summed E-state index contributed by atoms with van der Waals surface area (Å²) in [6, 6.07) is 17.0. The largest absolute Gasteiger partial charge is 0.510 e. The summed E-state index contributed by atoms with van der Waals surface area (Å²) in [7, 11) is 1.35.